The molecule has 0 N–H and O–H groups in total. The lowest BCUT2D eigenvalue weighted by Gasteiger charge is -2.14. The van der Waals surface area contributed by atoms with E-state index in [1.165, 1.54) is 6.07 Å². The normalized spacial score (nSPS) is 11.7. The van der Waals surface area contributed by atoms with E-state index in [2.05, 4.69) is 11.1 Å². The molecule has 39 heavy (non-hydrogen) atoms. The van der Waals surface area contributed by atoms with E-state index in [1.54, 1.807) is 19.1 Å². The number of carbonyl (C=O) groups excluding carboxylic acids is 1. The fourth-order valence-electron chi connectivity index (χ4n) is 4.42. The first-order valence-electron chi connectivity index (χ1n) is 12.3. The molecule has 0 aliphatic carbocycles. The van der Waals surface area contributed by atoms with Gasteiger partial charge >= 0.3 is 11.7 Å². The number of hydrogen-bond donors (Lipinski definition) is 0. The smallest absolute Gasteiger partial charge is 0.322 e. The first-order chi connectivity index (χ1) is 19.0. The second-order valence-electron chi connectivity index (χ2n) is 8.62. The number of carbonyl (C=O) groups is 1. The highest BCUT2D eigenvalue weighted by Gasteiger charge is 2.32. The monoisotopic (exact) mass is 525 g/mol. The maximum atomic E-state index is 12.2. The Kier molecular flexibility index (Phi) is 7.23. The molecular formula is C29H23N3O7. The fourth-order valence-corrected chi connectivity index (χ4v) is 4.42. The molecular weight excluding hydrogens is 502 g/mol. The molecule has 0 spiro atoms. The lowest BCUT2D eigenvalue weighted by atomic mass is 9.96. The molecule has 0 radical (unpaired) electrons. The van der Waals surface area contributed by atoms with Gasteiger partial charge in [-0.3, -0.25) is 14.9 Å². The van der Waals surface area contributed by atoms with Gasteiger partial charge in [0.15, 0.2) is 5.75 Å². The van der Waals surface area contributed by atoms with Crippen molar-refractivity contribution in [1.29, 1.82) is 5.26 Å². The van der Waals surface area contributed by atoms with Gasteiger partial charge in [-0.05, 0) is 48.4 Å². The van der Waals surface area contributed by atoms with Crippen LogP contribution >= 0.6 is 0 Å². The number of nitriles is 1. The van der Waals surface area contributed by atoms with Crippen LogP contribution in [-0.2, 0) is 9.53 Å². The van der Waals surface area contributed by atoms with Crippen LogP contribution in [0.25, 0.3) is 33.2 Å². The molecule has 0 unspecified atom stereocenters. The molecule has 0 fully saturated rings. The van der Waals surface area contributed by atoms with E-state index in [0.717, 1.165) is 16.3 Å². The number of aromatic nitrogens is 1. The molecule has 10 heteroatoms. The summed E-state index contributed by atoms with van der Waals surface area (Å²) in [6.07, 6.45) is 0.478. The molecule has 1 aliphatic heterocycles. The molecule has 0 bridgehead atoms. The van der Waals surface area contributed by atoms with Crippen molar-refractivity contribution in [2.75, 3.05) is 20.0 Å². The van der Waals surface area contributed by atoms with Crippen LogP contribution in [0.15, 0.2) is 60.7 Å². The maximum Gasteiger partial charge on any atom is 0.322 e. The zero-order chi connectivity index (χ0) is 27.4. The third kappa shape index (κ3) is 5.15. The predicted molar refractivity (Wildman–Crippen MR) is 141 cm³/mol. The molecule has 4 aromatic rings. The topological polar surface area (TPSA) is 134 Å². The third-order valence-corrected chi connectivity index (χ3v) is 6.20. The lowest BCUT2D eigenvalue weighted by Crippen LogP contribution is -2.08. The summed E-state index contributed by atoms with van der Waals surface area (Å²) in [4.78, 5) is 28.0. The van der Waals surface area contributed by atoms with Gasteiger partial charge in [-0.2, -0.15) is 5.26 Å². The van der Waals surface area contributed by atoms with Crippen LogP contribution in [0.2, 0.25) is 0 Å². The fraction of sp³-hybridized carbons (Fsp3) is 0.207. The molecule has 0 saturated carbocycles. The minimum Gasteiger partial charge on any atom is -0.477 e. The first-order valence-corrected chi connectivity index (χ1v) is 12.3. The van der Waals surface area contributed by atoms with Crippen molar-refractivity contribution in [3.05, 3.63) is 76.3 Å². The Balaban J connectivity index is 1.63. The Morgan fingerprint density at radius 3 is 2.69 bits per heavy atom. The van der Waals surface area contributed by atoms with Gasteiger partial charge in [-0.1, -0.05) is 36.4 Å². The number of fused-ring (bicyclic) bond motifs is 2. The number of nitro groups is 1. The van der Waals surface area contributed by atoms with E-state index in [-0.39, 0.29) is 72.2 Å². The van der Waals surface area contributed by atoms with Crippen LogP contribution in [0.4, 0.5) is 5.69 Å². The average Bonchev–Trinajstić information content (AvgIpc) is 3.43. The second-order valence-corrected chi connectivity index (χ2v) is 8.62. The van der Waals surface area contributed by atoms with Crippen LogP contribution in [0.1, 0.15) is 25.3 Å². The summed E-state index contributed by atoms with van der Waals surface area (Å²) in [5.74, 6) is -0.0873. The molecule has 0 atom stereocenters. The second kappa shape index (κ2) is 11.1. The SMILES string of the molecule is CCOC(=O)CCCOc1nc(-c2ccc3ccccc3c2)cc(-c2ccc3c(c2[N+](=O)[O-])OCO3)c1C#N. The summed E-state index contributed by atoms with van der Waals surface area (Å²) in [5, 5.41) is 24.3. The van der Waals surface area contributed by atoms with E-state index in [1.807, 2.05) is 42.5 Å². The Hall–Kier alpha value is -5.17. The summed E-state index contributed by atoms with van der Waals surface area (Å²) >= 11 is 0. The number of rotatable bonds is 9. The molecule has 10 nitrogen and oxygen atoms in total. The Morgan fingerprint density at radius 2 is 1.92 bits per heavy atom. The molecule has 196 valence electrons. The molecule has 2 heterocycles. The van der Waals surface area contributed by atoms with Gasteiger partial charge < -0.3 is 18.9 Å². The van der Waals surface area contributed by atoms with E-state index >= 15 is 0 Å². The van der Waals surface area contributed by atoms with Crippen molar-refractivity contribution in [3.63, 3.8) is 0 Å². The Morgan fingerprint density at radius 1 is 1.10 bits per heavy atom. The molecule has 0 amide bonds. The number of ether oxygens (including phenoxy) is 4. The van der Waals surface area contributed by atoms with Crippen LogP contribution in [0.3, 0.4) is 0 Å². The summed E-state index contributed by atoms with van der Waals surface area (Å²) < 4.78 is 21.6. The number of pyridine rings is 1. The van der Waals surface area contributed by atoms with Gasteiger partial charge in [0.2, 0.25) is 18.4 Å². The summed E-state index contributed by atoms with van der Waals surface area (Å²) in [7, 11) is 0. The molecule has 5 rings (SSSR count). The minimum atomic E-state index is -0.556. The van der Waals surface area contributed by atoms with Crippen molar-refractivity contribution in [1.82, 2.24) is 4.98 Å². The molecule has 3 aromatic carbocycles. The zero-order valence-electron chi connectivity index (χ0n) is 21.0. The Bertz CT molecular complexity index is 1630. The van der Waals surface area contributed by atoms with Crippen LogP contribution in [0, 0.1) is 21.4 Å². The third-order valence-electron chi connectivity index (χ3n) is 6.20. The van der Waals surface area contributed by atoms with E-state index in [0.29, 0.717) is 12.1 Å². The van der Waals surface area contributed by atoms with Crippen LogP contribution in [0.5, 0.6) is 17.4 Å². The summed E-state index contributed by atoms with van der Waals surface area (Å²) in [6.45, 7) is 1.96. The van der Waals surface area contributed by atoms with Gasteiger partial charge in [-0.25, -0.2) is 4.98 Å². The van der Waals surface area contributed by atoms with Crippen molar-refractivity contribution in [2.45, 2.75) is 19.8 Å². The van der Waals surface area contributed by atoms with Crippen LogP contribution < -0.4 is 14.2 Å². The van der Waals surface area contributed by atoms with Gasteiger partial charge in [0.05, 0.1) is 29.4 Å². The van der Waals surface area contributed by atoms with Crippen LogP contribution in [-0.4, -0.2) is 35.9 Å². The largest absolute Gasteiger partial charge is 0.477 e. The highest BCUT2D eigenvalue weighted by Crippen LogP contribution is 2.48. The minimum absolute atomic E-state index is 0.00219. The van der Waals surface area contributed by atoms with Crippen molar-refractivity contribution >= 4 is 22.4 Å². The van der Waals surface area contributed by atoms with Gasteiger partial charge in [0.1, 0.15) is 11.6 Å². The number of esters is 1. The molecule has 0 saturated heterocycles. The Labute approximate surface area is 223 Å². The highest BCUT2D eigenvalue weighted by molar-refractivity contribution is 5.89. The van der Waals surface area contributed by atoms with E-state index < -0.39 is 4.92 Å². The van der Waals surface area contributed by atoms with Gasteiger partial charge in [0.25, 0.3) is 0 Å². The lowest BCUT2D eigenvalue weighted by molar-refractivity contribution is -0.385. The highest BCUT2D eigenvalue weighted by atomic mass is 16.7. The van der Waals surface area contributed by atoms with Gasteiger partial charge in [-0.15, -0.1) is 0 Å². The molecule has 1 aliphatic rings. The summed E-state index contributed by atoms with van der Waals surface area (Å²) in [5.41, 5.74) is 1.34. The number of benzene rings is 3. The van der Waals surface area contributed by atoms with E-state index in [4.69, 9.17) is 18.9 Å². The zero-order valence-corrected chi connectivity index (χ0v) is 21.0. The van der Waals surface area contributed by atoms with Crippen molar-refractivity contribution < 1.29 is 28.7 Å². The average molecular weight is 526 g/mol. The first kappa shape index (κ1) is 25.5. The standard InChI is InChI=1S/C29H23N3O7/c1-2-36-26(33)8-5-13-37-29-23(16-30)22(21-11-12-25-28(39-17-38-25)27(21)32(34)35)15-24(31-29)20-10-9-18-6-3-4-7-19(18)14-20/h3-4,6-7,9-12,14-15H,2,5,8,13,17H2,1H3. The number of nitro benzene ring substituents is 1. The van der Waals surface area contributed by atoms with Crippen molar-refractivity contribution in [2.24, 2.45) is 0 Å². The number of nitrogens with zero attached hydrogens (tertiary/aromatic N) is 3. The van der Waals surface area contributed by atoms with Crippen molar-refractivity contribution in [3.8, 4) is 45.8 Å². The number of hydrogen-bond acceptors (Lipinski definition) is 9. The predicted octanol–water partition coefficient (Wildman–Crippen LogP) is 5.80. The quantitative estimate of drug-likeness (QED) is 0.115. The molecule has 1 aromatic heterocycles. The summed E-state index contributed by atoms with van der Waals surface area (Å²) in [6, 6.07) is 20.5. The van der Waals surface area contributed by atoms with E-state index in [9.17, 15) is 20.2 Å². The maximum absolute atomic E-state index is 12.2. The van der Waals surface area contributed by atoms with Gasteiger partial charge in [0, 0.05) is 17.5 Å².